The quantitative estimate of drug-likeness (QED) is 0.435. The summed E-state index contributed by atoms with van der Waals surface area (Å²) in [6, 6.07) is 13.7. The number of amides is 1. The predicted molar refractivity (Wildman–Crippen MR) is 127 cm³/mol. The maximum Gasteiger partial charge on any atom is 0.251 e. The van der Waals surface area contributed by atoms with Crippen molar-refractivity contribution >= 4 is 32.4 Å². The molecule has 0 unspecified atom stereocenters. The number of fused-ring (bicyclic) bond motifs is 3. The third-order valence-corrected chi connectivity index (χ3v) is 6.80. The molecule has 7 nitrogen and oxygen atoms in total. The zero-order valence-electron chi connectivity index (χ0n) is 18.0. The number of rotatable bonds is 7. The van der Waals surface area contributed by atoms with E-state index in [-0.39, 0.29) is 5.91 Å². The molecule has 5 rings (SSSR count). The second-order valence-electron chi connectivity index (χ2n) is 7.86. The molecule has 1 amide bonds. The van der Waals surface area contributed by atoms with Gasteiger partial charge < -0.3 is 14.8 Å². The number of imidazole rings is 1. The van der Waals surface area contributed by atoms with Gasteiger partial charge in [-0.05, 0) is 55.4 Å². The van der Waals surface area contributed by atoms with Crippen LogP contribution in [0.25, 0.3) is 26.4 Å². The van der Waals surface area contributed by atoms with E-state index in [1.165, 1.54) is 0 Å². The van der Waals surface area contributed by atoms with Gasteiger partial charge in [0.1, 0.15) is 5.75 Å². The van der Waals surface area contributed by atoms with Crippen molar-refractivity contribution < 1.29 is 14.3 Å². The molecule has 0 radical (unpaired) electrons. The molecule has 1 aliphatic rings. The van der Waals surface area contributed by atoms with E-state index >= 15 is 0 Å². The van der Waals surface area contributed by atoms with Crippen molar-refractivity contribution in [3.8, 4) is 17.0 Å². The molecule has 0 bridgehead atoms. The summed E-state index contributed by atoms with van der Waals surface area (Å²) in [5.74, 6) is 0.797. The Hall–Kier alpha value is -2.94. The van der Waals surface area contributed by atoms with Crippen LogP contribution in [0.1, 0.15) is 16.8 Å². The molecular weight excluding hydrogens is 424 g/mol. The number of benzene rings is 2. The molecule has 1 fully saturated rings. The van der Waals surface area contributed by atoms with E-state index in [0.717, 1.165) is 71.5 Å². The van der Waals surface area contributed by atoms with Gasteiger partial charge in [-0.3, -0.25) is 14.1 Å². The Bertz CT molecular complexity index is 1230. The molecule has 4 aromatic rings. The predicted octanol–water partition coefficient (Wildman–Crippen LogP) is 3.68. The normalized spacial score (nSPS) is 14.8. The molecule has 8 heteroatoms. The van der Waals surface area contributed by atoms with E-state index in [4.69, 9.17) is 14.5 Å². The van der Waals surface area contributed by atoms with Crippen molar-refractivity contribution in [2.24, 2.45) is 0 Å². The molecule has 32 heavy (non-hydrogen) atoms. The lowest BCUT2D eigenvalue weighted by atomic mass is 10.1. The third kappa shape index (κ3) is 4.34. The van der Waals surface area contributed by atoms with E-state index in [1.54, 1.807) is 18.4 Å². The molecule has 1 aliphatic heterocycles. The largest absolute Gasteiger partial charge is 0.497 e. The van der Waals surface area contributed by atoms with Crippen molar-refractivity contribution in [1.29, 1.82) is 0 Å². The van der Waals surface area contributed by atoms with Crippen molar-refractivity contribution in [2.75, 3.05) is 46.5 Å². The third-order valence-electron chi connectivity index (χ3n) is 5.78. The van der Waals surface area contributed by atoms with Gasteiger partial charge in [-0.25, -0.2) is 4.98 Å². The number of hydrogen-bond acceptors (Lipinski definition) is 6. The van der Waals surface area contributed by atoms with Crippen LogP contribution in [0.4, 0.5) is 0 Å². The summed E-state index contributed by atoms with van der Waals surface area (Å²) in [6.45, 7) is 5.22. The first kappa shape index (κ1) is 20.9. The molecule has 166 valence electrons. The zero-order valence-corrected chi connectivity index (χ0v) is 18.9. The Morgan fingerprint density at radius 3 is 2.78 bits per heavy atom. The monoisotopic (exact) mass is 450 g/mol. The Morgan fingerprint density at radius 1 is 1.19 bits per heavy atom. The molecular formula is C24H26N4O3S. The molecule has 0 spiro atoms. The smallest absolute Gasteiger partial charge is 0.251 e. The van der Waals surface area contributed by atoms with Crippen molar-refractivity contribution in [1.82, 2.24) is 19.6 Å². The Morgan fingerprint density at radius 2 is 2.00 bits per heavy atom. The molecule has 2 aromatic heterocycles. The lowest BCUT2D eigenvalue weighted by Crippen LogP contribution is -2.38. The molecule has 3 heterocycles. The van der Waals surface area contributed by atoms with Gasteiger partial charge in [0.2, 0.25) is 0 Å². The lowest BCUT2D eigenvalue weighted by Gasteiger charge is -2.26. The van der Waals surface area contributed by atoms with E-state index in [0.29, 0.717) is 12.1 Å². The average Bonchev–Trinajstić information content (AvgIpc) is 3.40. The van der Waals surface area contributed by atoms with Crippen LogP contribution in [-0.2, 0) is 4.74 Å². The highest BCUT2D eigenvalue weighted by Crippen LogP contribution is 2.30. The summed E-state index contributed by atoms with van der Waals surface area (Å²) in [4.78, 5) is 20.7. The summed E-state index contributed by atoms with van der Waals surface area (Å²) in [6.07, 6.45) is 2.98. The number of carbonyl (C=O) groups excluding carboxylic acids is 1. The maximum absolute atomic E-state index is 12.6. The van der Waals surface area contributed by atoms with Gasteiger partial charge in [-0.15, -0.1) is 0 Å². The minimum Gasteiger partial charge on any atom is -0.497 e. The van der Waals surface area contributed by atoms with Crippen LogP contribution < -0.4 is 10.1 Å². The molecule has 0 aliphatic carbocycles. The number of morpholine rings is 1. The van der Waals surface area contributed by atoms with Gasteiger partial charge in [-0.1, -0.05) is 11.3 Å². The molecule has 2 aromatic carbocycles. The fourth-order valence-corrected chi connectivity index (χ4v) is 5.02. The van der Waals surface area contributed by atoms with Crippen molar-refractivity contribution in [2.45, 2.75) is 6.42 Å². The van der Waals surface area contributed by atoms with E-state index < -0.39 is 0 Å². The lowest BCUT2D eigenvalue weighted by molar-refractivity contribution is 0.0374. The summed E-state index contributed by atoms with van der Waals surface area (Å²) < 4.78 is 13.7. The van der Waals surface area contributed by atoms with Crippen molar-refractivity contribution in [3.63, 3.8) is 0 Å². The second kappa shape index (κ2) is 9.28. The summed E-state index contributed by atoms with van der Waals surface area (Å²) in [7, 11) is 1.66. The second-order valence-corrected chi connectivity index (χ2v) is 8.86. The molecule has 1 N–H and O–H groups in total. The van der Waals surface area contributed by atoms with Crippen LogP contribution in [0.2, 0.25) is 0 Å². The fourth-order valence-electron chi connectivity index (χ4n) is 3.97. The number of carbonyl (C=O) groups is 1. The number of hydrogen-bond donors (Lipinski definition) is 1. The number of methoxy groups -OCH3 is 1. The standard InChI is InChI=1S/C24H26N4O3S/c1-30-19-6-3-17(4-7-19)20-16-28-21-8-5-18(15-22(21)32-24(28)26-20)23(29)25-9-2-10-27-11-13-31-14-12-27/h3-8,15-16H,2,9-14H2,1H3,(H,25,29). The highest BCUT2D eigenvalue weighted by molar-refractivity contribution is 7.23. The Kier molecular flexibility index (Phi) is 6.07. The average molecular weight is 451 g/mol. The number of aromatic nitrogens is 2. The van der Waals surface area contributed by atoms with E-state index in [9.17, 15) is 4.79 Å². The first-order valence-electron chi connectivity index (χ1n) is 10.9. The van der Waals surface area contributed by atoms with E-state index in [2.05, 4.69) is 14.6 Å². The minimum atomic E-state index is -0.0289. The number of thiazole rings is 1. The van der Waals surface area contributed by atoms with Gasteiger partial charge in [0.05, 0.1) is 36.2 Å². The van der Waals surface area contributed by atoms with Gasteiger partial charge in [0.25, 0.3) is 5.91 Å². The van der Waals surface area contributed by atoms with Gasteiger partial charge in [0, 0.05) is 37.0 Å². The molecule has 0 saturated carbocycles. The van der Waals surface area contributed by atoms with Crippen LogP contribution in [0, 0.1) is 0 Å². The number of ether oxygens (including phenoxy) is 2. The van der Waals surface area contributed by atoms with Crippen LogP contribution >= 0.6 is 11.3 Å². The summed E-state index contributed by atoms with van der Waals surface area (Å²) in [5, 5.41) is 3.05. The van der Waals surface area contributed by atoms with Crippen LogP contribution in [0.3, 0.4) is 0 Å². The highest BCUT2D eigenvalue weighted by atomic mass is 32.1. The van der Waals surface area contributed by atoms with Gasteiger partial charge in [0.15, 0.2) is 4.96 Å². The van der Waals surface area contributed by atoms with E-state index in [1.807, 2.05) is 48.7 Å². The number of nitrogens with one attached hydrogen (secondary N) is 1. The first-order valence-corrected chi connectivity index (χ1v) is 11.7. The topological polar surface area (TPSA) is 68.1 Å². The summed E-state index contributed by atoms with van der Waals surface area (Å²) >= 11 is 1.59. The molecule has 1 saturated heterocycles. The van der Waals surface area contributed by atoms with Gasteiger partial charge in [-0.2, -0.15) is 0 Å². The molecule has 0 atom stereocenters. The Balaban J connectivity index is 1.25. The fraction of sp³-hybridized carbons (Fsp3) is 0.333. The van der Waals surface area contributed by atoms with Crippen molar-refractivity contribution in [3.05, 3.63) is 54.2 Å². The minimum absolute atomic E-state index is 0.0289. The number of nitrogens with zero attached hydrogens (tertiary/aromatic N) is 3. The SMILES string of the molecule is COc1ccc(-c2cn3c(n2)sc2cc(C(=O)NCCCN4CCOCC4)ccc23)cc1. The van der Waals surface area contributed by atoms with Gasteiger partial charge >= 0.3 is 0 Å². The van der Waals surface area contributed by atoms with Crippen LogP contribution in [-0.4, -0.2) is 66.7 Å². The maximum atomic E-state index is 12.6. The first-order chi connectivity index (χ1) is 15.7. The zero-order chi connectivity index (χ0) is 21.9. The highest BCUT2D eigenvalue weighted by Gasteiger charge is 2.14. The summed E-state index contributed by atoms with van der Waals surface area (Å²) in [5.41, 5.74) is 3.70. The Labute approximate surface area is 190 Å². The van der Waals surface area contributed by atoms with Crippen LogP contribution in [0.5, 0.6) is 5.75 Å². The van der Waals surface area contributed by atoms with Crippen LogP contribution in [0.15, 0.2) is 48.7 Å².